The zero-order valence-corrected chi connectivity index (χ0v) is 20.8. The van der Waals surface area contributed by atoms with Gasteiger partial charge in [0.1, 0.15) is 11.6 Å². The molecule has 1 fully saturated rings. The number of amides is 1. The second-order valence-corrected chi connectivity index (χ2v) is 12.5. The Morgan fingerprint density at radius 1 is 1.09 bits per heavy atom. The summed E-state index contributed by atoms with van der Waals surface area (Å²) in [6.07, 6.45) is 0.885. The van der Waals surface area contributed by atoms with Gasteiger partial charge in [-0.15, -0.1) is 0 Å². The van der Waals surface area contributed by atoms with E-state index in [1.807, 2.05) is 0 Å². The smallest absolute Gasteiger partial charge is 0.266 e. The molecule has 4 rings (SSSR count). The maximum absolute atomic E-state index is 13.2. The number of sulfone groups is 1. The van der Waals surface area contributed by atoms with Gasteiger partial charge in [0.05, 0.1) is 22.4 Å². The van der Waals surface area contributed by atoms with E-state index in [9.17, 15) is 26.4 Å². The summed E-state index contributed by atoms with van der Waals surface area (Å²) >= 11 is 0. The molecule has 2 heterocycles. The van der Waals surface area contributed by atoms with Crippen molar-refractivity contribution in [3.8, 4) is 0 Å². The quantitative estimate of drug-likeness (QED) is 0.444. The highest BCUT2D eigenvalue weighted by Gasteiger charge is 2.47. The van der Waals surface area contributed by atoms with Crippen LogP contribution in [0.25, 0.3) is 11.1 Å². The number of benzene rings is 2. The number of para-hydroxylation sites is 2. The van der Waals surface area contributed by atoms with Crippen molar-refractivity contribution >= 4 is 42.7 Å². The zero-order chi connectivity index (χ0) is 25.4. The van der Waals surface area contributed by atoms with Crippen molar-refractivity contribution in [3.63, 3.8) is 0 Å². The van der Waals surface area contributed by atoms with Crippen LogP contribution in [0.3, 0.4) is 0 Å². The summed E-state index contributed by atoms with van der Waals surface area (Å²) in [7, 11) is -7.80. The van der Waals surface area contributed by atoms with Gasteiger partial charge in [-0.2, -0.15) is 4.31 Å². The minimum Gasteiger partial charge on any atom is -0.434 e. The standard InChI is InChI=1S/C23H25N3O7S2/c1-3-17(21(27)23-25-18-11-7-8-12-20(18)33-23)24-22(28)19-13-16(14-26(19)34(2,29)30)35(31,32)15-9-5-4-6-10-15/h4-12,16-17,19H,3,13-14H2,1-2H3,(H,24,28)/t16-,17?,19+/m1/s1. The minimum absolute atomic E-state index is 0.0529. The first-order valence-corrected chi connectivity index (χ1v) is 14.4. The fourth-order valence-corrected chi connectivity index (χ4v) is 7.05. The van der Waals surface area contributed by atoms with Crippen molar-refractivity contribution < 1.29 is 30.8 Å². The lowest BCUT2D eigenvalue weighted by molar-refractivity contribution is -0.124. The number of ketones is 1. The molecule has 12 heteroatoms. The number of nitrogens with zero attached hydrogens (tertiary/aromatic N) is 2. The van der Waals surface area contributed by atoms with Crippen molar-refractivity contribution in [2.24, 2.45) is 0 Å². The summed E-state index contributed by atoms with van der Waals surface area (Å²) in [4.78, 5) is 30.4. The lowest BCUT2D eigenvalue weighted by Crippen LogP contribution is -2.50. The summed E-state index contributed by atoms with van der Waals surface area (Å²) in [5.74, 6) is -1.49. The number of hydrogen-bond donors (Lipinski definition) is 1. The molecule has 0 spiro atoms. The third kappa shape index (κ3) is 5.00. The van der Waals surface area contributed by atoms with Crippen LogP contribution in [0.15, 0.2) is 63.9 Å². The van der Waals surface area contributed by atoms with Gasteiger partial charge < -0.3 is 9.73 Å². The molecule has 1 unspecified atom stereocenters. The molecule has 1 N–H and O–H groups in total. The summed E-state index contributed by atoms with van der Waals surface area (Å²) in [5.41, 5.74) is 0.912. The fraction of sp³-hybridized carbons (Fsp3) is 0.348. The molecular formula is C23H25N3O7S2. The summed E-state index contributed by atoms with van der Waals surface area (Å²) in [6.45, 7) is 1.32. The van der Waals surface area contributed by atoms with Gasteiger partial charge in [0.15, 0.2) is 15.4 Å². The molecule has 35 heavy (non-hydrogen) atoms. The van der Waals surface area contributed by atoms with Gasteiger partial charge in [0.2, 0.25) is 21.7 Å². The third-order valence-electron chi connectivity index (χ3n) is 6.00. The summed E-state index contributed by atoms with van der Waals surface area (Å²) in [5, 5.41) is 1.47. The predicted molar refractivity (Wildman–Crippen MR) is 128 cm³/mol. The molecule has 1 saturated heterocycles. The van der Waals surface area contributed by atoms with Crippen LogP contribution in [-0.4, -0.2) is 67.9 Å². The first kappa shape index (κ1) is 25.0. The molecule has 1 amide bonds. The molecule has 3 aromatic rings. The first-order chi connectivity index (χ1) is 16.5. The molecule has 0 aliphatic carbocycles. The largest absolute Gasteiger partial charge is 0.434 e. The van der Waals surface area contributed by atoms with E-state index in [1.54, 1.807) is 49.4 Å². The van der Waals surface area contributed by atoms with Gasteiger partial charge in [0, 0.05) is 6.54 Å². The van der Waals surface area contributed by atoms with Gasteiger partial charge in [-0.3, -0.25) is 9.59 Å². The molecule has 1 aromatic heterocycles. The summed E-state index contributed by atoms with van der Waals surface area (Å²) < 4.78 is 57.4. The Morgan fingerprint density at radius 2 is 1.74 bits per heavy atom. The second-order valence-electron chi connectivity index (χ2n) is 8.38. The number of carbonyl (C=O) groups excluding carboxylic acids is 2. The van der Waals surface area contributed by atoms with Crippen molar-refractivity contribution in [3.05, 3.63) is 60.5 Å². The molecule has 10 nitrogen and oxygen atoms in total. The maximum Gasteiger partial charge on any atom is 0.266 e. The van der Waals surface area contributed by atoms with Crippen LogP contribution in [0.5, 0.6) is 0 Å². The van der Waals surface area contributed by atoms with Crippen molar-refractivity contribution in [1.29, 1.82) is 0 Å². The lowest BCUT2D eigenvalue weighted by Gasteiger charge is -2.23. The van der Waals surface area contributed by atoms with E-state index in [0.29, 0.717) is 11.1 Å². The number of oxazole rings is 1. The number of rotatable bonds is 8. The summed E-state index contributed by atoms with van der Waals surface area (Å²) in [6, 6.07) is 12.2. The monoisotopic (exact) mass is 519 g/mol. The average Bonchev–Trinajstić information content (AvgIpc) is 3.48. The Kier molecular flexibility index (Phi) is 6.80. The Hall–Kier alpha value is -3.09. The molecule has 1 aliphatic heterocycles. The van der Waals surface area contributed by atoms with Crippen molar-refractivity contribution in [2.45, 2.75) is 42.0 Å². The second kappa shape index (κ2) is 9.51. The Morgan fingerprint density at radius 3 is 2.37 bits per heavy atom. The van der Waals surface area contributed by atoms with Gasteiger partial charge in [-0.05, 0) is 37.1 Å². The van der Waals surface area contributed by atoms with E-state index in [-0.39, 0.29) is 30.2 Å². The van der Waals surface area contributed by atoms with Crippen LogP contribution in [0, 0.1) is 0 Å². The number of carbonyl (C=O) groups is 2. The molecule has 2 aromatic carbocycles. The highest BCUT2D eigenvalue weighted by atomic mass is 32.2. The van der Waals surface area contributed by atoms with E-state index in [0.717, 1.165) is 10.6 Å². The van der Waals surface area contributed by atoms with E-state index in [4.69, 9.17) is 4.42 Å². The molecule has 1 aliphatic rings. The topological polar surface area (TPSA) is 144 Å². The van der Waals surface area contributed by atoms with E-state index < -0.39 is 48.9 Å². The molecule has 186 valence electrons. The van der Waals surface area contributed by atoms with E-state index >= 15 is 0 Å². The van der Waals surface area contributed by atoms with Crippen LogP contribution < -0.4 is 5.32 Å². The van der Waals surface area contributed by atoms with Gasteiger partial charge >= 0.3 is 0 Å². The van der Waals surface area contributed by atoms with E-state index in [1.165, 1.54) is 12.1 Å². The maximum atomic E-state index is 13.2. The number of Topliss-reactive ketones (excluding diaryl/α,β-unsaturated/α-hetero) is 1. The van der Waals surface area contributed by atoms with Crippen LogP contribution in [0.1, 0.15) is 30.5 Å². The van der Waals surface area contributed by atoms with Crippen LogP contribution >= 0.6 is 0 Å². The van der Waals surface area contributed by atoms with Gasteiger partial charge in [-0.25, -0.2) is 21.8 Å². The number of aromatic nitrogens is 1. The van der Waals surface area contributed by atoms with Gasteiger partial charge in [-0.1, -0.05) is 37.3 Å². The SMILES string of the molecule is CCC(NC(=O)[C@@H]1C[C@@H](S(=O)(=O)c2ccccc2)CN1S(C)(=O)=O)C(=O)c1nc2ccccc2o1. The van der Waals surface area contributed by atoms with Crippen LogP contribution in [0.2, 0.25) is 0 Å². The van der Waals surface area contributed by atoms with E-state index in [2.05, 4.69) is 10.3 Å². The Balaban J connectivity index is 1.56. The van der Waals surface area contributed by atoms with Crippen molar-refractivity contribution in [2.75, 3.05) is 12.8 Å². The minimum atomic E-state index is -3.91. The first-order valence-electron chi connectivity index (χ1n) is 11.0. The number of fused-ring (bicyclic) bond motifs is 1. The third-order valence-corrected chi connectivity index (χ3v) is 9.41. The predicted octanol–water partition coefficient (Wildman–Crippen LogP) is 1.78. The van der Waals surface area contributed by atoms with Crippen LogP contribution in [0.4, 0.5) is 0 Å². The number of hydrogen-bond acceptors (Lipinski definition) is 8. The molecule has 0 bridgehead atoms. The Labute approximate surface area is 203 Å². The Bertz CT molecular complexity index is 1430. The molecular weight excluding hydrogens is 494 g/mol. The number of nitrogens with one attached hydrogen (secondary N) is 1. The molecule has 0 radical (unpaired) electrons. The van der Waals surface area contributed by atoms with Crippen molar-refractivity contribution in [1.82, 2.24) is 14.6 Å². The average molecular weight is 520 g/mol. The molecule has 0 saturated carbocycles. The molecule has 3 atom stereocenters. The lowest BCUT2D eigenvalue weighted by atomic mass is 10.1. The zero-order valence-electron chi connectivity index (χ0n) is 19.1. The normalized spacial score (nSPS) is 20.1. The highest BCUT2D eigenvalue weighted by Crippen LogP contribution is 2.30. The number of sulfonamides is 1. The highest BCUT2D eigenvalue weighted by molar-refractivity contribution is 7.92. The fourth-order valence-electron chi connectivity index (χ4n) is 4.15. The van der Waals surface area contributed by atoms with Gasteiger partial charge in [0.25, 0.3) is 5.89 Å². The van der Waals surface area contributed by atoms with Crippen LogP contribution in [-0.2, 0) is 24.7 Å².